The largest absolute Gasteiger partial charge is 0.299 e. The third-order valence-corrected chi connectivity index (χ3v) is 8.12. The van der Waals surface area contributed by atoms with Gasteiger partial charge in [0.1, 0.15) is 0 Å². The lowest BCUT2D eigenvalue weighted by molar-refractivity contribution is 0.0232. The fraction of sp³-hybridized carbons (Fsp3) is 1.00. The molecule has 3 fully saturated rings. The van der Waals surface area contributed by atoms with Gasteiger partial charge in [-0.25, -0.2) is 0 Å². The number of rotatable bonds is 21. The van der Waals surface area contributed by atoms with Crippen LogP contribution in [0, 0.1) is 5.92 Å². The second-order valence-electron chi connectivity index (χ2n) is 11.0. The summed E-state index contributed by atoms with van der Waals surface area (Å²) in [5, 5.41) is 4.07. The average Bonchev–Trinajstić information content (AvgIpc) is 2.79. The number of hydrogen-bond acceptors (Lipinski definition) is 2. The molecule has 3 aliphatic heterocycles. The molecule has 0 aromatic carbocycles. The van der Waals surface area contributed by atoms with Crippen LogP contribution in [0.3, 0.4) is 0 Å². The van der Waals surface area contributed by atoms with Crippen molar-refractivity contribution in [1.29, 1.82) is 0 Å². The molecule has 2 atom stereocenters. The Morgan fingerprint density at radius 3 is 1.52 bits per heavy atom. The highest BCUT2D eigenvalue weighted by Crippen LogP contribution is 2.31. The van der Waals surface area contributed by atoms with Crippen LogP contribution in [0.2, 0.25) is 0 Å². The van der Waals surface area contributed by atoms with Crippen molar-refractivity contribution in [2.24, 2.45) is 5.92 Å². The lowest BCUT2D eigenvalue weighted by atomic mass is 9.86. The Balaban J connectivity index is 1.35. The molecule has 0 radical (unpaired) electrons. The van der Waals surface area contributed by atoms with Crippen LogP contribution in [0.1, 0.15) is 155 Å². The minimum atomic E-state index is 0.699. The van der Waals surface area contributed by atoms with Crippen molar-refractivity contribution in [1.82, 2.24) is 10.2 Å². The van der Waals surface area contributed by atoms with Gasteiger partial charge in [0.15, 0.2) is 0 Å². The van der Waals surface area contributed by atoms with Crippen molar-refractivity contribution in [3.8, 4) is 0 Å². The van der Waals surface area contributed by atoms with Gasteiger partial charge >= 0.3 is 0 Å². The molecular weight excluding hydrogens is 376 g/mol. The average molecular weight is 435 g/mol. The van der Waals surface area contributed by atoms with E-state index in [-0.39, 0.29) is 0 Å². The molecule has 1 N–H and O–H groups in total. The van der Waals surface area contributed by atoms with Crippen LogP contribution in [0.4, 0.5) is 0 Å². The summed E-state index contributed by atoms with van der Waals surface area (Å²) >= 11 is 0. The van der Waals surface area contributed by atoms with Crippen LogP contribution in [-0.2, 0) is 0 Å². The lowest BCUT2D eigenvalue weighted by Crippen LogP contribution is -2.57. The topological polar surface area (TPSA) is 15.3 Å². The smallest absolute Gasteiger partial charge is 0.0601 e. The Morgan fingerprint density at radius 2 is 1.10 bits per heavy atom. The molecule has 2 nitrogen and oxygen atoms in total. The maximum atomic E-state index is 4.07. The quantitative estimate of drug-likeness (QED) is 0.181. The Kier molecular flexibility index (Phi) is 16.1. The lowest BCUT2D eigenvalue weighted by Gasteiger charge is -2.47. The van der Waals surface area contributed by atoms with Crippen LogP contribution >= 0.6 is 0 Å². The van der Waals surface area contributed by atoms with Gasteiger partial charge in [0.05, 0.1) is 6.17 Å². The standard InChI is InChI=1S/C29H58N2/c1-3-5-6-7-8-9-10-11-12-13-14-15-16-17-18-19-21-28(20-4-2)30-29-26-27-22-24-31(29)25-23-27/h27-30H,3-26H2,1-2H3. The van der Waals surface area contributed by atoms with Gasteiger partial charge in [-0.2, -0.15) is 0 Å². The summed E-state index contributed by atoms with van der Waals surface area (Å²) in [6.45, 7) is 7.36. The predicted octanol–water partition coefficient (Wildman–Crippen LogP) is 8.84. The van der Waals surface area contributed by atoms with E-state index >= 15 is 0 Å². The Morgan fingerprint density at radius 1 is 0.613 bits per heavy atom. The minimum absolute atomic E-state index is 0.699. The molecule has 3 rings (SSSR count). The Bertz CT molecular complexity index is 388. The van der Waals surface area contributed by atoms with E-state index in [0.29, 0.717) is 6.17 Å². The maximum absolute atomic E-state index is 4.07. The first-order valence-electron chi connectivity index (χ1n) is 14.8. The summed E-state index contributed by atoms with van der Waals surface area (Å²) in [5.41, 5.74) is 0. The number of unbranched alkanes of at least 4 members (excludes halogenated alkanes) is 15. The summed E-state index contributed by atoms with van der Waals surface area (Å²) in [5.74, 6) is 1.01. The van der Waals surface area contributed by atoms with Gasteiger partial charge in [0.2, 0.25) is 0 Å². The van der Waals surface area contributed by atoms with E-state index in [0.717, 1.165) is 12.0 Å². The van der Waals surface area contributed by atoms with Gasteiger partial charge in [-0.15, -0.1) is 0 Å². The molecular formula is C29H58N2. The molecule has 31 heavy (non-hydrogen) atoms. The molecule has 0 spiro atoms. The van der Waals surface area contributed by atoms with Crippen molar-refractivity contribution in [2.45, 2.75) is 167 Å². The molecule has 184 valence electrons. The fourth-order valence-corrected chi connectivity index (χ4v) is 6.01. The molecule has 0 aliphatic carbocycles. The molecule has 2 bridgehead atoms. The van der Waals surface area contributed by atoms with Crippen molar-refractivity contribution >= 4 is 0 Å². The number of fused-ring (bicyclic) bond motifs is 3. The van der Waals surface area contributed by atoms with E-state index in [2.05, 4.69) is 24.1 Å². The van der Waals surface area contributed by atoms with Crippen molar-refractivity contribution < 1.29 is 0 Å². The first kappa shape index (κ1) is 27.2. The molecule has 3 aliphatic rings. The Hall–Kier alpha value is -0.0800. The molecule has 0 amide bonds. The zero-order valence-corrected chi connectivity index (χ0v) is 21.6. The first-order chi connectivity index (χ1) is 15.3. The van der Waals surface area contributed by atoms with Crippen molar-refractivity contribution in [3.05, 3.63) is 0 Å². The van der Waals surface area contributed by atoms with E-state index in [4.69, 9.17) is 0 Å². The number of nitrogens with zero attached hydrogens (tertiary/aromatic N) is 1. The van der Waals surface area contributed by atoms with E-state index < -0.39 is 0 Å². The molecule has 2 heteroatoms. The third kappa shape index (κ3) is 12.7. The van der Waals surface area contributed by atoms with Crippen molar-refractivity contribution in [2.75, 3.05) is 13.1 Å². The van der Waals surface area contributed by atoms with Gasteiger partial charge in [0, 0.05) is 6.04 Å². The fourth-order valence-electron chi connectivity index (χ4n) is 6.01. The SMILES string of the molecule is CCCCCCCCCCCCCCCCCCC(CCC)NC1CC2CCN1CC2. The molecule has 0 aromatic heterocycles. The van der Waals surface area contributed by atoms with Crippen LogP contribution < -0.4 is 5.32 Å². The van der Waals surface area contributed by atoms with Crippen LogP contribution in [0.25, 0.3) is 0 Å². The molecule has 3 heterocycles. The van der Waals surface area contributed by atoms with Gasteiger partial charge in [-0.05, 0) is 51.1 Å². The predicted molar refractivity (Wildman–Crippen MR) is 139 cm³/mol. The number of nitrogens with one attached hydrogen (secondary N) is 1. The molecule has 3 saturated heterocycles. The summed E-state index contributed by atoms with van der Waals surface area (Å²) in [4.78, 5) is 2.73. The van der Waals surface area contributed by atoms with Gasteiger partial charge in [-0.3, -0.25) is 10.2 Å². The second kappa shape index (κ2) is 18.4. The first-order valence-corrected chi connectivity index (χ1v) is 14.8. The minimum Gasteiger partial charge on any atom is -0.299 e. The van der Waals surface area contributed by atoms with Gasteiger partial charge < -0.3 is 0 Å². The van der Waals surface area contributed by atoms with Crippen LogP contribution in [0.15, 0.2) is 0 Å². The monoisotopic (exact) mass is 434 g/mol. The zero-order chi connectivity index (χ0) is 22.0. The van der Waals surface area contributed by atoms with Gasteiger partial charge in [-0.1, -0.05) is 123 Å². The van der Waals surface area contributed by atoms with E-state index in [1.54, 1.807) is 0 Å². The summed E-state index contributed by atoms with van der Waals surface area (Å²) in [7, 11) is 0. The highest BCUT2D eigenvalue weighted by atomic mass is 15.3. The third-order valence-electron chi connectivity index (χ3n) is 8.12. The highest BCUT2D eigenvalue weighted by Gasteiger charge is 2.34. The van der Waals surface area contributed by atoms with E-state index in [1.165, 1.54) is 154 Å². The summed E-state index contributed by atoms with van der Waals surface area (Å²) < 4.78 is 0. The highest BCUT2D eigenvalue weighted by molar-refractivity contribution is 4.88. The van der Waals surface area contributed by atoms with E-state index in [9.17, 15) is 0 Å². The maximum Gasteiger partial charge on any atom is 0.0601 e. The zero-order valence-electron chi connectivity index (χ0n) is 21.6. The normalized spacial score (nSPS) is 24.0. The second-order valence-corrected chi connectivity index (χ2v) is 11.0. The summed E-state index contributed by atoms with van der Waals surface area (Å²) in [6, 6.07) is 0.765. The Labute approximate surface area is 196 Å². The molecule has 2 unspecified atom stereocenters. The molecule has 0 saturated carbocycles. The number of piperidine rings is 3. The van der Waals surface area contributed by atoms with E-state index in [1.807, 2.05) is 0 Å². The van der Waals surface area contributed by atoms with Crippen LogP contribution in [-0.4, -0.2) is 30.2 Å². The molecule has 0 aromatic rings. The van der Waals surface area contributed by atoms with Gasteiger partial charge in [0.25, 0.3) is 0 Å². The van der Waals surface area contributed by atoms with Crippen LogP contribution in [0.5, 0.6) is 0 Å². The summed E-state index contributed by atoms with van der Waals surface area (Å²) in [6.07, 6.45) is 32.6. The number of hydrogen-bond donors (Lipinski definition) is 1. The van der Waals surface area contributed by atoms with Crippen molar-refractivity contribution in [3.63, 3.8) is 0 Å².